The van der Waals surface area contributed by atoms with E-state index in [0.29, 0.717) is 38.8 Å². The second-order valence-electron chi connectivity index (χ2n) is 6.81. The molecule has 0 radical (unpaired) electrons. The number of carbonyl (C=O) groups excluding carboxylic acids is 2. The van der Waals surface area contributed by atoms with Crippen LogP contribution in [0.2, 0.25) is 0 Å². The molecule has 2 N–H and O–H groups in total. The summed E-state index contributed by atoms with van der Waals surface area (Å²) < 4.78 is 0. The van der Waals surface area contributed by atoms with Gasteiger partial charge in [-0.1, -0.05) is 6.07 Å². The summed E-state index contributed by atoms with van der Waals surface area (Å²) in [6, 6.07) is 3.73. The summed E-state index contributed by atoms with van der Waals surface area (Å²) >= 11 is 0. The lowest BCUT2D eigenvalue weighted by Gasteiger charge is -2.37. The third-order valence-corrected chi connectivity index (χ3v) is 5.12. The number of hydrogen-bond donors (Lipinski definition) is 2. The molecule has 7 nitrogen and oxygen atoms in total. The van der Waals surface area contributed by atoms with Crippen molar-refractivity contribution in [2.75, 3.05) is 18.0 Å². The van der Waals surface area contributed by atoms with Crippen LogP contribution in [0.1, 0.15) is 44.1 Å². The smallest absolute Gasteiger partial charge is 0.309 e. The Balaban J connectivity index is 1.66. The number of nitrogens with one attached hydrogen (secondary N) is 1. The summed E-state index contributed by atoms with van der Waals surface area (Å²) in [5.74, 6) is -0.783. The molecule has 2 fully saturated rings. The molecule has 0 saturated carbocycles. The zero-order valence-corrected chi connectivity index (χ0v) is 13.6. The molecular formula is C17H21N3O4. The van der Waals surface area contributed by atoms with Gasteiger partial charge in [0.1, 0.15) is 5.82 Å². The predicted octanol–water partition coefficient (Wildman–Crippen LogP) is 1.29. The average molecular weight is 331 g/mol. The van der Waals surface area contributed by atoms with Gasteiger partial charge in [-0.05, 0) is 37.8 Å². The number of hydrogen-bond acceptors (Lipinski definition) is 5. The van der Waals surface area contributed by atoms with Crippen molar-refractivity contribution in [1.82, 2.24) is 10.3 Å². The number of amides is 2. The van der Waals surface area contributed by atoms with Gasteiger partial charge in [0, 0.05) is 25.7 Å². The number of anilines is 1. The van der Waals surface area contributed by atoms with Gasteiger partial charge < -0.3 is 10.0 Å². The van der Waals surface area contributed by atoms with Gasteiger partial charge in [0.25, 0.3) is 0 Å². The van der Waals surface area contributed by atoms with E-state index < -0.39 is 11.4 Å². The van der Waals surface area contributed by atoms with Gasteiger partial charge in [-0.3, -0.25) is 19.7 Å². The van der Waals surface area contributed by atoms with Gasteiger partial charge in [-0.2, -0.15) is 0 Å². The summed E-state index contributed by atoms with van der Waals surface area (Å²) in [5, 5.41) is 11.6. The molecule has 3 rings (SSSR count). The number of aromatic nitrogens is 1. The number of carbonyl (C=O) groups is 3. The Morgan fingerprint density at radius 3 is 2.58 bits per heavy atom. The minimum Gasteiger partial charge on any atom is -0.481 e. The highest BCUT2D eigenvalue weighted by Crippen LogP contribution is 2.33. The molecule has 0 spiro atoms. The van der Waals surface area contributed by atoms with Gasteiger partial charge >= 0.3 is 5.97 Å². The second-order valence-corrected chi connectivity index (χ2v) is 6.81. The Bertz CT molecular complexity index is 663. The van der Waals surface area contributed by atoms with E-state index in [9.17, 15) is 19.5 Å². The van der Waals surface area contributed by atoms with E-state index in [2.05, 4.69) is 15.2 Å². The number of nitrogens with zero attached hydrogens (tertiary/aromatic N) is 2. The van der Waals surface area contributed by atoms with Crippen LogP contribution in [0.3, 0.4) is 0 Å². The maximum absolute atomic E-state index is 11.9. The summed E-state index contributed by atoms with van der Waals surface area (Å²) in [4.78, 5) is 40.9. The molecule has 3 heterocycles. The average Bonchev–Trinajstić information content (AvgIpc) is 2.56. The standard InChI is InChI=1S/C17H21N3O4/c1-17(16(23)24)6-8-20(9-7-17)13-4-2-11(10-18-13)12-3-5-14(21)19-15(12)22/h2,4,10,12H,3,5-9H2,1H3,(H,23,24)(H,19,21,22)/t12-/m1/s1. The largest absolute Gasteiger partial charge is 0.481 e. The summed E-state index contributed by atoms with van der Waals surface area (Å²) in [6.45, 7) is 3.08. The number of piperidine rings is 2. The molecular weight excluding hydrogens is 310 g/mol. The zero-order valence-electron chi connectivity index (χ0n) is 13.6. The minimum absolute atomic E-state index is 0.226. The first kappa shape index (κ1) is 16.4. The van der Waals surface area contributed by atoms with Crippen LogP contribution >= 0.6 is 0 Å². The third kappa shape index (κ3) is 3.11. The van der Waals surface area contributed by atoms with Crippen LogP contribution in [0.25, 0.3) is 0 Å². The molecule has 2 aliphatic rings. The fourth-order valence-electron chi connectivity index (χ4n) is 3.25. The van der Waals surface area contributed by atoms with Crippen molar-refractivity contribution in [3.05, 3.63) is 23.9 Å². The Morgan fingerprint density at radius 2 is 2.04 bits per heavy atom. The van der Waals surface area contributed by atoms with E-state index >= 15 is 0 Å². The van der Waals surface area contributed by atoms with E-state index in [4.69, 9.17) is 0 Å². The molecule has 2 amide bonds. The summed E-state index contributed by atoms with van der Waals surface area (Å²) in [5.41, 5.74) is 0.138. The normalized spacial score (nSPS) is 23.7. The Morgan fingerprint density at radius 1 is 1.33 bits per heavy atom. The SMILES string of the molecule is CC1(C(=O)O)CCN(c2ccc([C@H]3CCC(=O)NC3=O)cn2)CC1. The van der Waals surface area contributed by atoms with Crippen molar-refractivity contribution in [1.29, 1.82) is 0 Å². The van der Waals surface area contributed by atoms with Crippen LogP contribution < -0.4 is 10.2 Å². The molecule has 0 bridgehead atoms. The highest BCUT2D eigenvalue weighted by Gasteiger charge is 2.37. The maximum atomic E-state index is 11.9. The van der Waals surface area contributed by atoms with Crippen LogP contribution in [0.15, 0.2) is 18.3 Å². The molecule has 2 aliphatic heterocycles. The lowest BCUT2D eigenvalue weighted by atomic mass is 9.80. The summed E-state index contributed by atoms with van der Waals surface area (Å²) in [7, 11) is 0. The molecule has 0 aliphatic carbocycles. The van der Waals surface area contributed by atoms with Crippen molar-refractivity contribution in [2.45, 2.75) is 38.5 Å². The van der Waals surface area contributed by atoms with Crippen molar-refractivity contribution in [3.63, 3.8) is 0 Å². The van der Waals surface area contributed by atoms with E-state index in [1.807, 2.05) is 12.1 Å². The Kier molecular flexibility index (Phi) is 4.26. The molecule has 1 aromatic rings. The molecule has 0 unspecified atom stereocenters. The zero-order chi connectivity index (χ0) is 17.3. The monoisotopic (exact) mass is 331 g/mol. The number of imide groups is 1. The molecule has 24 heavy (non-hydrogen) atoms. The quantitative estimate of drug-likeness (QED) is 0.810. The number of aliphatic carboxylic acids is 1. The van der Waals surface area contributed by atoms with Crippen molar-refractivity contribution >= 4 is 23.6 Å². The van der Waals surface area contributed by atoms with E-state index in [1.54, 1.807) is 13.1 Å². The van der Waals surface area contributed by atoms with Gasteiger partial charge in [0.2, 0.25) is 11.8 Å². The number of carboxylic acid groups (broad SMARTS) is 1. The number of rotatable bonds is 3. The lowest BCUT2D eigenvalue weighted by molar-refractivity contribution is -0.149. The Labute approximate surface area is 140 Å². The van der Waals surface area contributed by atoms with E-state index in [0.717, 1.165) is 11.4 Å². The second kappa shape index (κ2) is 6.22. The van der Waals surface area contributed by atoms with Gasteiger partial charge in [-0.15, -0.1) is 0 Å². The van der Waals surface area contributed by atoms with Gasteiger partial charge in [0.15, 0.2) is 0 Å². The minimum atomic E-state index is -0.747. The molecule has 2 saturated heterocycles. The first-order valence-corrected chi connectivity index (χ1v) is 8.17. The van der Waals surface area contributed by atoms with Gasteiger partial charge in [0.05, 0.1) is 11.3 Å². The van der Waals surface area contributed by atoms with Crippen molar-refractivity contribution < 1.29 is 19.5 Å². The molecule has 7 heteroatoms. The van der Waals surface area contributed by atoms with Crippen molar-refractivity contribution in [2.24, 2.45) is 5.41 Å². The fraction of sp³-hybridized carbons (Fsp3) is 0.529. The van der Waals surface area contributed by atoms with Crippen LogP contribution in [0.5, 0.6) is 0 Å². The van der Waals surface area contributed by atoms with Crippen LogP contribution in [0, 0.1) is 5.41 Å². The molecule has 0 aromatic carbocycles. The van der Waals surface area contributed by atoms with Gasteiger partial charge in [-0.25, -0.2) is 4.98 Å². The molecule has 1 atom stereocenters. The number of carboxylic acids is 1. The highest BCUT2D eigenvalue weighted by atomic mass is 16.4. The fourth-order valence-corrected chi connectivity index (χ4v) is 3.25. The maximum Gasteiger partial charge on any atom is 0.309 e. The summed E-state index contributed by atoms with van der Waals surface area (Å²) in [6.07, 6.45) is 3.70. The van der Waals surface area contributed by atoms with Crippen LogP contribution in [-0.4, -0.2) is 41.0 Å². The third-order valence-electron chi connectivity index (χ3n) is 5.12. The lowest BCUT2D eigenvalue weighted by Crippen LogP contribution is -2.43. The van der Waals surface area contributed by atoms with Crippen LogP contribution in [-0.2, 0) is 14.4 Å². The molecule has 128 valence electrons. The first-order chi connectivity index (χ1) is 11.4. The number of pyridine rings is 1. The van der Waals surface area contributed by atoms with Crippen molar-refractivity contribution in [3.8, 4) is 0 Å². The van der Waals surface area contributed by atoms with E-state index in [1.165, 1.54) is 0 Å². The Hall–Kier alpha value is -2.44. The highest BCUT2D eigenvalue weighted by molar-refractivity contribution is 6.00. The van der Waals surface area contributed by atoms with E-state index in [-0.39, 0.29) is 17.7 Å². The predicted molar refractivity (Wildman–Crippen MR) is 86.6 cm³/mol. The molecule has 1 aromatic heterocycles. The topological polar surface area (TPSA) is 99.6 Å². The van der Waals surface area contributed by atoms with Crippen LogP contribution in [0.4, 0.5) is 5.82 Å². The first-order valence-electron chi connectivity index (χ1n) is 8.17.